The molecule has 1 atom stereocenters. The molecule has 0 saturated carbocycles. The maximum absolute atomic E-state index is 8.55. The van der Waals surface area contributed by atoms with Gasteiger partial charge in [-0.1, -0.05) is 17.7 Å². The molecule has 0 aliphatic heterocycles. The Kier molecular flexibility index (Phi) is 3.96. The first-order valence-corrected chi connectivity index (χ1v) is 5.03. The standard InChI is InChI=1S/C11H14ClN3/c1-15(2)8-3-4-9(10(12)7-8)11(14)5-6-13/h3-4,7,11H,5,14H2,1-2H3/t11-/m0/s1. The highest BCUT2D eigenvalue weighted by Gasteiger charge is 2.10. The molecule has 0 fully saturated rings. The van der Waals surface area contributed by atoms with Crippen molar-refractivity contribution in [3.63, 3.8) is 0 Å². The van der Waals surface area contributed by atoms with E-state index in [1.54, 1.807) is 0 Å². The van der Waals surface area contributed by atoms with Crippen LogP contribution in [0.5, 0.6) is 0 Å². The van der Waals surface area contributed by atoms with E-state index in [2.05, 4.69) is 0 Å². The summed E-state index contributed by atoms with van der Waals surface area (Å²) in [6.07, 6.45) is 0.279. The molecule has 1 rings (SSSR count). The molecular formula is C11H14ClN3. The Balaban J connectivity index is 2.98. The third-order valence-electron chi connectivity index (χ3n) is 2.21. The monoisotopic (exact) mass is 223 g/mol. The van der Waals surface area contributed by atoms with Crippen LogP contribution in [0.25, 0.3) is 0 Å². The molecule has 0 saturated heterocycles. The largest absolute Gasteiger partial charge is 0.378 e. The molecule has 4 heteroatoms. The van der Waals surface area contributed by atoms with Crippen molar-refractivity contribution in [3.05, 3.63) is 28.8 Å². The normalized spacial score (nSPS) is 11.9. The van der Waals surface area contributed by atoms with Crippen LogP contribution in [-0.4, -0.2) is 14.1 Å². The van der Waals surface area contributed by atoms with E-state index >= 15 is 0 Å². The van der Waals surface area contributed by atoms with Gasteiger partial charge in [0.25, 0.3) is 0 Å². The zero-order valence-corrected chi connectivity index (χ0v) is 9.62. The first-order valence-electron chi connectivity index (χ1n) is 4.65. The van der Waals surface area contributed by atoms with Crippen LogP contribution in [0.2, 0.25) is 5.02 Å². The van der Waals surface area contributed by atoms with Crippen molar-refractivity contribution < 1.29 is 0 Å². The Morgan fingerprint density at radius 1 is 1.53 bits per heavy atom. The minimum absolute atomic E-state index is 0.279. The summed E-state index contributed by atoms with van der Waals surface area (Å²) >= 11 is 6.09. The van der Waals surface area contributed by atoms with Gasteiger partial charge >= 0.3 is 0 Å². The molecule has 0 radical (unpaired) electrons. The summed E-state index contributed by atoms with van der Waals surface area (Å²) in [5.41, 5.74) is 7.66. The summed E-state index contributed by atoms with van der Waals surface area (Å²) in [7, 11) is 3.89. The van der Waals surface area contributed by atoms with Crippen LogP contribution in [0.1, 0.15) is 18.0 Å². The van der Waals surface area contributed by atoms with Crippen molar-refractivity contribution in [2.24, 2.45) is 5.73 Å². The van der Waals surface area contributed by atoms with Crippen LogP contribution in [0.15, 0.2) is 18.2 Å². The van der Waals surface area contributed by atoms with E-state index in [1.165, 1.54) is 0 Å². The quantitative estimate of drug-likeness (QED) is 0.856. The molecule has 0 heterocycles. The molecule has 0 bridgehead atoms. The Morgan fingerprint density at radius 2 is 2.20 bits per heavy atom. The number of rotatable bonds is 3. The first-order chi connectivity index (χ1) is 7.06. The van der Waals surface area contributed by atoms with Crippen molar-refractivity contribution >= 4 is 17.3 Å². The lowest BCUT2D eigenvalue weighted by Gasteiger charge is -2.16. The van der Waals surface area contributed by atoms with Gasteiger partial charge in [-0.05, 0) is 17.7 Å². The highest BCUT2D eigenvalue weighted by atomic mass is 35.5. The molecule has 0 aromatic heterocycles. The molecule has 15 heavy (non-hydrogen) atoms. The third kappa shape index (κ3) is 2.85. The summed E-state index contributed by atoms with van der Waals surface area (Å²) in [6.45, 7) is 0. The van der Waals surface area contributed by atoms with E-state index in [9.17, 15) is 0 Å². The fourth-order valence-corrected chi connectivity index (χ4v) is 1.62. The molecule has 1 aromatic carbocycles. The average molecular weight is 224 g/mol. The van der Waals surface area contributed by atoms with Crippen molar-refractivity contribution in [1.82, 2.24) is 0 Å². The van der Waals surface area contributed by atoms with Crippen LogP contribution in [0.4, 0.5) is 5.69 Å². The second-order valence-electron chi connectivity index (χ2n) is 3.57. The van der Waals surface area contributed by atoms with Gasteiger partial charge < -0.3 is 10.6 Å². The van der Waals surface area contributed by atoms with Crippen LogP contribution in [0.3, 0.4) is 0 Å². The molecule has 2 N–H and O–H groups in total. The maximum atomic E-state index is 8.55. The zero-order valence-electron chi connectivity index (χ0n) is 8.87. The second kappa shape index (κ2) is 5.01. The van der Waals surface area contributed by atoms with Crippen LogP contribution < -0.4 is 10.6 Å². The lowest BCUT2D eigenvalue weighted by Crippen LogP contribution is -2.12. The summed E-state index contributed by atoms with van der Waals surface area (Å²) in [6, 6.07) is 7.40. The van der Waals surface area contributed by atoms with Gasteiger partial charge in [0.05, 0.1) is 12.5 Å². The summed E-state index contributed by atoms with van der Waals surface area (Å²) in [5.74, 6) is 0. The van der Waals surface area contributed by atoms with Crippen molar-refractivity contribution in [2.45, 2.75) is 12.5 Å². The van der Waals surface area contributed by atoms with Gasteiger partial charge in [0.2, 0.25) is 0 Å². The molecule has 3 nitrogen and oxygen atoms in total. The Labute approximate surface area is 95.1 Å². The highest BCUT2D eigenvalue weighted by Crippen LogP contribution is 2.27. The molecule has 0 aliphatic rings. The van der Waals surface area contributed by atoms with Gasteiger partial charge in [0.15, 0.2) is 0 Å². The van der Waals surface area contributed by atoms with E-state index in [0.717, 1.165) is 11.3 Å². The molecule has 1 aromatic rings. The molecule has 0 aliphatic carbocycles. The van der Waals surface area contributed by atoms with Crippen LogP contribution in [-0.2, 0) is 0 Å². The molecular weight excluding hydrogens is 210 g/mol. The number of benzene rings is 1. The fourth-order valence-electron chi connectivity index (χ4n) is 1.30. The van der Waals surface area contributed by atoms with Crippen molar-refractivity contribution in [2.75, 3.05) is 19.0 Å². The van der Waals surface area contributed by atoms with Gasteiger partial charge in [-0.3, -0.25) is 0 Å². The SMILES string of the molecule is CN(C)c1ccc([C@@H](N)CC#N)c(Cl)c1. The predicted octanol–water partition coefficient (Wildman–Crippen LogP) is 2.32. The van der Waals surface area contributed by atoms with E-state index in [0.29, 0.717) is 5.02 Å². The smallest absolute Gasteiger partial charge is 0.0641 e. The number of hydrogen-bond donors (Lipinski definition) is 1. The van der Waals surface area contributed by atoms with Gasteiger partial charge in [-0.2, -0.15) is 5.26 Å². The number of halogens is 1. The minimum atomic E-state index is -0.307. The van der Waals surface area contributed by atoms with E-state index in [1.807, 2.05) is 43.3 Å². The summed E-state index contributed by atoms with van der Waals surface area (Å²) in [4.78, 5) is 1.96. The van der Waals surface area contributed by atoms with Crippen LogP contribution >= 0.6 is 11.6 Å². The Morgan fingerprint density at radius 3 is 2.67 bits per heavy atom. The number of hydrogen-bond acceptors (Lipinski definition) is 3. The number of nitrogens with two attached hydrogens (primary N) is 1. The van der Waals surface area contributed by atoms with Gasteiger partial charge in [-0.15, -0.1) is 0 Å². The lowest BCUT2D eigenvalue weighted by atomic mass is 10.0. The Bertz CT molecular complexity index is 382. The highest BCUT2D eigenvalue weighted by molar-refractivity contribution is 6.31. The molecule has 0 spiro atoms. The third-order valence-corrected chi connectivity index (χ3v) is 2.54. The maximum Gasteiger partial charge on any atom is 0.0641 e. The van der Waals surface area contributed by atoms with Gasteiger partial charge in [0, 0.05) is 30.8 Å². The topological polar surface area (TPSA) is 53.0 Å². The molecule has 0 amide bonds. The average Bonchev–Trinajstić information content (AvgIpc) is 2.17. The summed E-state index contributed by atoms with van der Waals surface area (Å²) in [5, 5.41) is 9.17. The van der Waals surface area contributed by atoms with E-state index < -0.39 is 0 Å². The zero-order chi connectivity index (χ0) is 11.4. The van der Waals surface area contributed by atoms with Crippen LogP contribution in [0, 0.1) is 11.3 Å². The molecule has 0 unspecified atom stereocenters. The number of nitrogens with zero attached hydrogens (tertiary/aromatic N) is 2. The van der Waals surface area contributed by atoms with E-state index in [-0.39, 0.29) is 12.5 Å². The van der Waals surface area contributed by atoms with Gasteiger partial charge in [0.1, 0.15) is 0 Å². The number of anilines is 1. The molecule has 80 valence electrons. The predicted molar refractivity (Wildman–Crippen MR) is 62.9 cm³/mol. The van der Waals surface area contributed by atoms with E-state index in [4.69, 9.17) is 22.6 Å². The minimum Gasteiger partial charge on any atom is -0.378 e. The van der Waals surface area contributed by atoms with Gasteiger partial charge in [-0.25, -0.2) is 0 Å². The van der Waals surface area contributed by atoms with Crippen molar-refractivity contribution in [1.29, 1.82) is 5.26 Å². The number of nitriles is 1. The first kappa shape index (κ1) is 11.8. The fraction of sp³-hybridized carbons (Fsp3) is 0.364. The lowest BCUT2D eigenvalue weighted by molar-refractivity contribution is 0.749. The Hall–Kier alpha value is -1.24. The second-order valence-corrected chi connectivity index (χ2v) is 3.98. The van der Waals surface area contributed by atoms with Crippen molar-refractivity contribution in [3.8, 4) is 6.07 Å². The summed E-state index contributed by atoms with van der Waals surface area (Å²) < 4.78 is 0.